The van der Waals surface area contributed by atoms with Crippen molar-refractivity contribution in [1.82, 2.24) is 0 Å². The monoisotopic (exact) mass is 178 g/mol. The van der Waals surface area contributed by atoms with E-state index in [2.05, 4.69) is 0 Å². The van der Waals surface area contributed by atoms with Gasteiger partial charge in [-0.3, -0.25) is 0 Å². The van der Waals surface area contributed by atoms with Crippen molar-refractivity contribution in [1.29, 1.82) is 0 Å². The smallest absolute Gasteiger partial charge is 0.159 e. The molecule has 0 aromatic heterocycles. The second kappa shape index (κ2) is 5.48. The molecule has 74 valence electrons. The average Bonchev–Trinajstić information content (AvgIpc) is 1.96. The van der Waals surface area contributed by atoms with Crippen LogP contribution in [-0.4, -0.2) is 40.4 Å². The van der Waals surface area contributed by atoms with Gasteiger partial charge in [0, 0.05) is 0 Å². The number of rotatable bonds is 6. The van der Waals surface area contributed by atoms with Gasteiger partial charge in [0.2, 0.25) is 0 Å². The molecule has 0 radical (unpaired) electrons. The molecule has 0 amide bonds. The van der Waals surface area contributed by atoms with Crippen LogP contribution in [0.3, 0.4) is 0 Å². The van der Waals surface area contributed by atoms with Crippen LogP contribution in [0.15, 0.2) is 0 Å². The fourth-order valence-corrected chi connectivity index (χ4v) is 0.732. The van der Waals surface area contributed by atoms with Gasteiger partial charge in [0.1, 0.15) is 0 Å². The van der Waals surface area contributed by atoms with Gasteiger partial charge in [-0.05, 0) is 26.7 Å². The molecule has 0 spiro atoms. The number of aliphatic hydroxyl groups is 3. The molecule has 0 aliphatic carbocycles. The minimum absolute atomic E-state index is 0.220. The highest BCUT2D eigenvalue weighted by Gasteiger charge is 2.11. The maximum Gasteiger partial charge on any atom is 0.159 e. The van der Waals surface area contributed by atoms with Crippen LogP contribution in [0.5, 0.6) is 0 Å². The number of hydrogen-bond acceptors (Lipinski definition) is 4. The Hall–Kier alpha value is -0.160. The fraction of sp³-hybridized carbons (Fsp3) is 1.00. The third kappa shape index (κ3) is 7.94. The molecule has 0 bridgehead atoms. The van der Waals surface area contributed by atoms with E-state index < -0.39 is 11.9 Å². The third-order valence-corrected chi connectivity index (χ3v) is 1.35. The van der Waals surface area contributed by atoms with Crippen molar-refractivity contribution in [3.8, 4) is 0 Å². The van der Waals surface area contributed by atoms with Crippen molar-refractivity contribution >= 4 is 0 Å². The average molecular weight is 178 g/mol. The van der Waals surface area contributed by atoms with Crippen LogP contribution in [0, 0.1) is 0 Å². The van der Waals surface area contributed by atoms with Crippen LogP contribution in [0.2, 0.25) is 0 Å². The molecular weight excluding hydrogens is 160 g/mol. The van der Waals surface area contributed by atoms with E-state index in [1.807, 2.05) is 0 Å². The van der Waals surface area contributed by atoms with E-state index in [1.165, 1.54) is 0 Å². The summed E-state index contributed by atoms with van der Waals surface area (Å²) in [6.45, 7) is 3.27. The molecule has 1 atom stereocenters. The largest absolute Gasteiger partial charge is 0.394 e. The van der Waals surface area contributed by atoms with Gasteiger partial charge in [-0.15, -0.1) is 0 Å². The van der Waals surface area contributed by atoms with Crippen LogP contribution < -0.4 is 0 Å². The zero-order valence-electron chi connectivity index (χ0n) is 7.66. The fourth-order valence-electron chi connectivity index (χ4n) is 0.732. The Morgan fingerprint density at radius 1 is 1.42 bits per heavy atom. The van der Waals surface area contributed by atoms with Crippen molar-refractivity contribution in [2.24, 2.45) is 0 Å². The van der Waals surface area contributed by atoms with E-state index in [9.17, 15) is 0 Å². The molecule has 4 nitrogen and oxygen atoms in total. The van der Waals surface area contributed by atoms with Crippen LogP contribution in [-0.2, 0) is 4.74 Å². The molecular formula is C8H18O4. The van der Waals surface area contributed by atoms with Crippen molar-refractivity contribution in [2.45, 2.75) is 38.6 Å². The summed E-state index contributed by atoms with van der Waals surface area (Å²) in [6, 6.07) is 0. The first kappa shape index (κ1) is 11.8. The van der Waals surface area contributed by atoms with Crippen LogP contribution in [0.1, 0.15) is 26.7 Å². The lowest BCUT2D eigenvalue weighted by Crippen LogP contribution is -2.24. The molecule has 0 aliphatic heterocycles. The van der Waals surface area contributed by atoms with Gasteiger partial charge in [-0.1, -0.05) is 0 Å². The SMILES string of the molecule is CC(C)(O)OCCCC(O)CO. The summed E-state index contributed by atoms with van der Waals surface area (Å²) < 4.78 is 4.99. The topological polar surface area (TPSA) is 69.9 Å². The summed E-state index contributed by atoms with van der Waals surface area (Å²) in [5.74, 6) is -1.11. The highest BCUT2D eigenvalue weighted by Crippen LogP contribution is 2.05. The molecule has 12 heavy (non-hydrogen) atoms. The zero-order chi connectivity index (χ0) is 9.61. The van der Waals surface area contributed by atoms with E-state index in [-0.39, 0.29) is 6.61 Å². The zero-order valence-corrected chi connectivity index (χ0v) is 7.66. The predicted octanol–water partition coefficient (Wildman–Crippen LogP) is -0.135. The van der Waals surface area contributed by atoms with Gasteiger partial charge in [0.15, 0.2) is 5.79 Å². The van der Waals surface area contributed by atoms with E-state index >= 15 is 0 Å². The van der Waals surface area contributed by atoms with Crippen LogP contribution in [0.4, 0.5) is 0 Å². The molecule has 4 heteroatoms. The molecule has 0 rings (SSSR count). The summed E-state index contributed by atoms with van der Waals surface area (Å²) in [5.41, 5.74) is 0. The minimum atomic E-state index is -1.11. The Morgan fingerprint density at radius 2 is 2.00 bits per heavy atom. The maximum atomic E-state index is 9.11. The highest BCUT2D eigenvalue weighted by molar-refractivity contribution is 4.54. The van der Waals surface area contributed by atoms with Crippen molar-refractivity contribution < 1.29 is 20.1 Å². The molecule has 3 N–H and O–H groups in total. The summed E-state index contributed by atoms with van der Waals surface area (Å²) in [7, 11) is 0. The lowest BCUT2D eigenvalue weighted by Gasteiger charge is -2.18. The first-order valence-corrected chi connectivity index (χ1v) is 4.11. The Balaban J connectivity index is 3.22. The molecule has 0 aromatic rings. The van der Waals surface area contributed by atoms with Gasteiger partial charge in [0.05, 0.1) is 19.3 Å². The van der Waals surface area contributed by atoms with Crippen molar-refractivity contribution in [3.05, 3.63) is 0 Å². The summed E-state index contributed by atoms with van der Waals surface area (Å²) in [5, 5.41) is 26.5. The standard InChI is InChI=1S/C8H18O4/c1-8(2,11)12-5-3-4-7(10)6-9/h7,9-11H,3-6H2,1-2H3. The van der Waals surface area contributed by atoms with Crippen molar-refractivity contribution in [3.63, 3.8) is 0 Å². The Kier molecular flexibility index (Phi) is 5.41. The predicted molar refractivity (Wildman–Crippen MR) is 44.6 cm³/mol. The third-order valence-electron chi connectivity index (χ3n) is 1.35. The molecule has 0 saturated carbocycles. The highest BCUT2D eigenvalue weighted by atomic mass is 16.6. The quantitative estimate of drug-likeness (QED) is 0.391. The summed E-state index contributed by atoms with van der Waals surface area (Å²) >= 11 is 0. The van der Waals surface area contributed by atoms with Gasteiger partial charge in [-0.2, -0.15) is 0 Å². The summed E-state index contributed by atoms with van der Waals surface area (Å²) in [6.07, 6.45) is 0.452. The van der Waals surface area contributed by atoms with Crippen LogP contribution in [0.25, 0.3) is 0 Å². The second-order valence-electron chi connectivity index (χ2n) is 3.27. The van der Waals surface area contributed by atoms with Gasteiger partial charge in [0.25, 0.3) is 0 Å². The number of aliphatic hydroxyl groups excluding tert-OH is 2. The molecule has 0 heterocycles. The molecule has 0 fully saturated rings. The Bertz CT molecular complexity index is 108. The lowest BCUT2D eigenvalue weighted by atomic mass is 10.2. The summed E-state index contributed by atoms with van der Waals surface area (Å²) in [4.78, 5) is 0. The minimum Gasteiger partial charge on any atom is -0.394 e. The molecule has 1 unspecified atom stereocenters. The molecule has 0 saturated heterocycles. The van der Waals surface area contributed by atoms with Crippen molar-refractivity contribution in [2.75, 3.05) is 13.2 Å². The van der Waals surface area contributed by atoms with E-state index in [0.717, 1.165) is 0 Å². The Labute approximate surface area is 72.8 Å². The van der Waals surface area contributed by atoms with Gasteiger partial charge >= 0.3 is 0 Å². The van der Waals surface area contributed by atoms with Gasteiger partial charge in [-0.25, -0.2) is 0 Å². The normalized spacial score (nSPS) is 14.8. The molecule has 0 aromatic carbocycles. The number of ether oxygens (including phenoxy) is 1. The van der Waals surface area contributed by atoms with E-state index in [4.69, 9.17) is 20.1 Å². The van der Waals surface area contributed by atoms with E-state index in [0.29, 0.717) is 19.4 Å². The van der Waals surface area contributed by atoms with Gasteiger partial charge < -0.3 is 20.1 Å². The first-order valence-electron chi connectivity index (χ1n) is 4.11. The maximum absolute atomic E-state index is 9.11. The van der Waals surface area contributed by atoms with Crippen LogP contribution >= 0.6 is 0 Å². The lowest BCUT2D eigenvalue weighted by molar-refractivity contribution is -0.177. The van der Waals surface area contributed by atoms with E-state index in [1.54, 1.807) is 13.8 Å². The number of hydrogen-bond donors (Lipinski definition) is 3. The first-order chi connectivity index (χ1) is 5.45. The Morgan fingerprint density at radius 3 is 2.42 bits per heavy atom. The molecule has 0 aliphatic rings. The second-order valence-corrected chi connectivity index (χ2v) is 3.27.